The molecule has 11 heteroatoms. The molecule has 1 aliphatic rings. The number of hydrogen-bond donors (Lipinski definition) is 0. The van der Waals surface area contributed by atoms with Gasteiger partial charge in [0.25, 0.3) is 0 Å². The van der Waals surface area contributed by atoms with Crippen molar-refractivity contribution in [1.29, 1.82) is 0 Å². The van der Waals surface area contributed by atoms with Gasteiger partial charge in [0.2, 0.25) is 0 Å². The Morgan fingerprint density at radius 1 is 1.22 bits per heavy atom. The molecule has 4 atom stereocenters. The normalized spacial score (nSPS) is 27.4. The Morgan fingerprint density at radius 3 is 2.62 bits per heavy atom. The Kier molecular flexibility index (Phi) is 5.59. The molecule has 0 aliphatic carbocycles. The first-order valence-electron chi connectivity index (χ1n) is 9.74. The van der Waals surface area contributed by atoms with E-state index in [0.29, 0.717) is 5.56 Å². The molecule has 9 nitrogen and oxygen atoms in total. The number of esters is 2. The number of alkyl halides is 1. The van der Waals surface area contributed by atoms with Gasteiger partial charge in [-0.25, -0.2) is 24.1 Å². The van der Waals surface area contributed by atoms with E-state index in [2.05, 4.69) is 15.0 Å². The first-order valence-corrected chi connectivity index (χ1v) is 10.1. The number of aromatic nitrogens is 4. The molecule has 0 spiro atoms. The summed E-state index contributed by atoms with van der Waals surface area (Å²) >= 11 is 6.06. The molecule has 0 saturated carbocycles. The van der Waals surface area contributed by atoms with Crippen LogP contribution >= 0.6 is 11.6 Å². The van der Waals surface area contributed by atoms with E-state index in [4.69, 9.17) is 25.8 Å². The molecule has 1 fully saturated rings. The van der Waals surface area contributed by atoms with Crippen LogP contribution < -0.4 is 0 Å². The Hall–Kier alpha value is -3.11. The van der Waals surface area contributed by atoms with Crippen molar-refractivity contribution in [2.24, 2.45) is 0 Å². The highest BCUT2D eigenvalue weighted by atomic mass is 35.5. The molecule has 3 aromatic rings. The maximum atomic E-state index is 16.3. The zero-order valence-electron chi connectivity index (χ0n) is 17.5. The first kappa shape index (κ1) is 22.1. The molecule has 32 heavy (non-hydrogen) atoms. The van der Waals surface area contributed by atoms with Crippen LogP contribution in [0, 0.1) is 0 Å². The van der Waals surface area contributed by atoms with Gasteiger partial charge in [0.05, 0.1) is 11.9 Å². The zero-order chi connectivity index (χ0) is 23.1. The highest BCUT2D eigenvalue weighted by Gasteiger charge is 2.66. The van der Waals surface area contributed by atoms with Gasteiger partial charge in [-0.05, 0) is 26.0 Å². The Balaban J connectivity index is 1.67. The van der Waals surface area contributed by atoms with Crippen LogP contribution in [-0.2, 0) is 19.0 Å². The van der Waals surface area contributed by atoms with Crippen LogP contribution in [-0.4, -0.2) is 55.4 Å². The second kappa shape index (κ2) is 8.10. The molecule has 1 aromatic carbocycles. The summed E-state index contributed by atoms with van der Waals surface area (Å²) in [5.74, 6) is -1.32. The predicted molar refractivity (Wildman–Crippen MR) is 111 cm³/mol. The number of hydrogen-bond acceptors (Lipinski definition) is 8. The zero-order valence-corrected chi connectivity index (χ0v) is 18.2. The molecule has 3 heterocycles. The summed E-state index contributed by atoms with van der Waals surface area (Å²) < 4.78 is 34.4. The molecule has 4 rings (SSSR count). The third kappa shape index (κ3) is 3.59. The number of carbonyl (C=O) groups excluding carboxylic acids is 2. The van der Waals surface area contributed by atoms with Gasteiger partial charge in [0.1, 0.15) is 24.6 Å². The van der Waals surface area contributed by atoms with Gasteiger partial charge in [0.15, 0.2) is 28.3 Å². The van der Waals surface area contributed by atoms with E-state index in [9.17, 15) is 9.59 Å². The smallest absolute Gasteiger partial charge is 0.338 e. The molecule has 1 saturated heterocycles. The highest BCUT2D eigenvalue weighted by Crippen LogP contribution is 2.51. The van der Waals surface area contributed by atoms with Gasteiger partial charge < -0.3 is 14.2 Å². The van der Waals surface area contributed by atoms with Gasteiger partial charge in [-0.2, -0.15) is 0 Å². The Labute approximate surface area is 187 Å². The topological polar surface area (TPSA) is 105 Å². The van der Waals surface area contributed by atoms with Gasteiger partial charge in [-0.15, -0.1) is 0 Å². The molecule has 0 unspecified atom stereocenters. The molecule has 2 aromatic heterocycles. The van der Waals surface area contributed by atoms with Crippen LogP contribution in [0.5, 0.6) is 0 Å². The average Bonchev–Trinajstić information content (AvgIpc) is 3.25. The predicted octanol–water partition coefficient (Wildman–Crippen LogP) is 3.28. The summed E-state index contributed by atoms with van der Waals surface area (Å²) in [5, 5.41) is 0.100. The van der Waals surface area contributed by atoms with Crippen molar-refractivity contribution in [3.63, 3.8) is 0 Å². The largest absolute Gasteiger partial charge is 0.459 e. The van der Waals surface area contributed by atoms with Crippen molar-refractivity contribution in [3.8, 4) is 0 Å². The second-order valence-corrected chi connectivity index (χ2v) is 8.06. The van der Waals surface area contributed by atoms with E-state index in [-0.39, 0.29) is 22.9 Å². The van der Waals surface area contributed by atoms with Crippen LogP contribution in [0.15, 0.2) is 43.0 Å². The third-order valence-electron chi connectivity index (χ3n) is 5.64. The van der Waals surface area contributed by atoms with Crippen LogP contribution in [0.3, 0.4) is 0 Å². The second-order valence-electron chi connectivity index (χ2n) is 7.71. The maximum absolute atomic E-state index is 16.3. The molecule has 168 valence electrons. The molecule has 0 N–H and O–H groups in total. The highest BCUT2D eigenvalue weighted by molar-refractivity contribution is 6.33. The summed E-state index contributed by atoms with van der Waals surface area (Å²) in [4.78, 5) is 36.4. The maximum Gasteiger partial charge on any atom is 0.338 e. The minimum Gasteiger partial charge on any atom is -0.459 e. The number of benzene rings is 1. The number of ether oxygens (including phenoxy) is 3. The monoisotopic (exact) mass is 462 g/mol. The van der Waals surface area contributed by atoms with Crippen LogP contribution in [0.1, 0.15) is 37.4 Å². The van der Waals surface area contributed by atoms with Crippen molar-refractivity contribution >= 4 is 34.7 Å². The van der Waals surface area contributed by atoms with Gasteiger partial charge in [-0.1, -0.05) is 29.8 Å². The average molecular weight is 463 g/mol. The lowest BCUT2D eigenvalue weighted by atomic mass is 9.84. The standard InChI is InChI=1S/C21H20ClFN4O5/c1-12(28)32-21(3)14(9-30-18(29)13-7-5-4-6-8-13)31-19(20(21,2)23)27-11-26-15-16(22)24-10-25-17(15)27/h4-8,10-11,14,19H,9H2,1-3H3/t14-,19-,20+,21-/m1/s1. The number of carbonyl (C=O) groups is 2. The summed E-state index contributed by atoms with van der Waals surface area (Å²) in [6, 6.07) is 8.33. The fraction of sp³-hybridized carbons (Fsp3) is 0.381. The molecular formula is C21H20ClFN4O5. The summed E-state index contributed by atoms with van der Waals surface area (Å²) in [7, 11) is 0. The molecular weight excluding hydrogens is 443 g/mol. The Morgan fingerprint density at radius 2 is 1.94 bits per heavy atom. The van der Waals surface area contributed by atoms with Crippen LogP contribution in [0.4, 0.5) is 4.39 Å². The van der Waals surface area contributed by atoms with Crippen LogP contribution in [0.25, 0.3) is 11.2 Å². The molecule has 0 amide bonds. The van der Waals surface area contributed by atoms with Gasteiger partial charge in [-0.3, -0.25) is 9.36 Å². The summed E-state index contributed by atoms with van der Waals surface area (Å²) in [6.07, 6.45) is 0.120. The fourth-order valence-corrected chi connectivity index (χ4v) is 3.94. The molecule has 0 radical (unpaired) electrons. The van der Waals surface area contributed by atoms with E-state index in [0.717, 1.165) is 0 Å². The van der Waals surface area contributed by atoms with E-state index in [1.807, 2.05) is 0 Å². The number of nitrogens with zero attached hydrogens (tertiary/aromatic N) is 4. The van der Waals surface area contributed by atoms with Crippen LogP contribution in [0.2, 0.25) is 5.15 Å². The van der Waals surface area contributed by atoms with Crippen molar-refractivity contribution in [2.45, 2.75) is 44.4 Å². The lowest BCUT2D eigenvalue weighted by Crippen LogP contribution is -2.55. The first-order chi connectivity index (χ1) is 15.1. The summed E-state index contributed by atoms with van der Waals surface area (Å²) in [6.45, 7) is 3.46. The quantitative estimate of drug-likeness (QED) is 0.420. The Bertz CT molecular complexity index is 1170. The van der Waals surface area contributed by atoms with Crippen molar-refractivity contribution < 1.29 is 28.2 Å². The minimum atomic E-state index is -2.26. The molecule has 1 aliphatic heterocycles. The van der Waals surface area contributed by atoms with Gasteiger partial charge >= 0.3 is 11.9 Å². The van der Waals surface area contributed by atoms with Crippen molar-refractivity contribution in [1.82, 2.24) is 19.5 Å². The minimum absolute atomic E-state index is 0.100. The third-order valence-corrected chi connectivity index (χ3v) is 5.92. The lowest BCUT2D eigenvalue weighted by molar-refractivity contribution is -0.175. The van der Waals surface area contributed by atoms with Crippen molar-refractivity contribution in [2.75, 3.05) is 6.61 Å². The lowest BCUT2D eigenvalue weighted by Gasteiger charge is -2.36. The van der Waals surface area contributed by atoms with E-state index >= 15 is 4.39 Å². The number of imidazole rings is 1. The van der Waals surface area contributed by atoms with Crippen molar-refractivity contribution in [3.05, 3.63) is 53.7 Å². The van der Waals surface area contributed by atoms with E-state index in [1.165, 1.54) is 38.0 Å². The van der Waals surface area contributed by atoms with E-state index in [1.54, 1.807) is 30.3 Å². The number of fused-ring (bicyclic) bond motifs is 1. The fourth-order valence-electron chi connectivity index (χ4n) is 3.77. The number of rotatable bonds is 5. The summed E-state index contributed by atoms with van der Waals surface area (Å²) in [5.41, 5.74) is -3.21. The molecule has 0 bridgehead atoms. The van der Waals surface area contributed by atoms with E-state index < -0.39 is 35.5 Å². The SMILES string of the molecule is CC(=O)O[C@]1(C)[C@@H](COC(=O)c2ccccc2)O[C@@H](n2cnc3c(Cl)ncnc32)[C@]1(C)F. The number of halogens is 2. The van der Waals surface area contributed by atoms with Gasteiger partial charge in [0, 0.05) is 6.92 Å².